The summed E-state index contributed by atoms with van der Waals surface area (Å²) in [6.07, 6.45) is 0. The molecule has 0 aliphatic rings. The highest BCUT2D eigenvalue weighted by atomic mass is 32.2. The van der Waals surface area contributed by atoms with Gasteiger partial charge in [-0.3, -0.25) is 0 Å². The lowest BCUT2D eigenvalue weighted by Crippen LogP contribution is -2.59. The summed E-state index contributed by atoms with van der Waals surface area (Å²) in [7, 11) is -5.95. The molecule has 0 aliphatic carbocycles. The molecule has 128 valence electrons. The Morgan fingerprint density at radius 2 is 1.43 bits per heavy atom. The Balaban J connectivity index is 5.07. The van der Waals surface area contributed by atoms with E-state index in [1.807, 2.05) is 0 Å². The van der Waals surface area contributed by atoms with E-state index >= 15 is 0 Å². The van der Waals surface area contributed by atoms with E-state index in [1.54, 1.807) is 18.7 Å². The maximum absolute atomic E-state index is 13.3. The Morgan fingerprint density at radius 3 is 1.76 bits per heavy atom. The summed E-state index contributed by atoms with van der Waals surface area (Å²) in [5.41, 5.74) is 0. The summed E-state index contributed by atoms with van der Waals surface area (Å²) in [4.78, 5) is 1.63. The molecular formula is C10H18F6N2O2S. The first-order chi connectivity index (χ1) is 9.24. The summed E-state index contributed by atoms with van der Waals surface area (Å²) in [6, 6.07) is 0. The second-order valence-electron chi connectivity index (χ2n) is 4.40. The zero-order valence-electron chi connectivity index (χ0n) is 11.8. The number of halogens is 6. The van der Waals surface area contributed by atoms with E-state index in [2.05, 4.69) is 0 Å². The molecule has 0 bridgehead atoms. The Kier molecular flexibility index (Phi) is 6.52. The fourth-order valence-corrected chi connectivity index (χ4v) is 2.45. The van der Waals surface area contributed by atoms with Gasteiger partial charge in [-0.2, -0.15) is 26.3 Å². The highest BCUT2D eigenvalue weighted by molar-refractivity contribution is 7.90. The first-order valence-electron chi connectivity index (χ1n) is 6.09. The van der Waals surface area contributed by atoms with Gasteiger partial charge in [-0.1, -0.05) is 13.8 Å². The first kappa shape index (κ1) is 20.5. The smallest absolute Gasteiger partial charge is 0.303 e. The maximum atomic E-state index is 13.3. The van der Waals surface area contributed by atoms with Crippen LogP contribution in [-0.2, 0) is 10.0 Å². The number of nitrogens with zero attached hydrogens (tertiary/aromatic N) is 1. The van der Waals surface area contributed by atoms with Gasteiger partial charge in [0.1, 0.15) is 0 Å². The van der Waals surface area contributed by atoms with Gasteiger partial charge in [-0.05, 0) is 13.1 Å². The second-order valence-corrected chi connectivity index (χ2v) is 6.21. The molecule has 21 heavy (non-hydrogen) atoms. The number of likely N-dealkylation sites (N-methyl/N-ethyl adjacent to an activating group) is 1. The van der Waals surface area contributed by atoms with Crippen molar-refractivity contribution in [2.24, 2.45) is 0 Å². The Bertz CT molecular complexity index is 431. The number of hydrogen-bond donors (Lipinski definition) is 1. The third-order valence-corrected chi connectivity index (χ3v) is 4.38. The van der Waals surface area contributed by atoms with Gasteiger partial charge < -0.3 is 4.90 Å². The lowest BCUT2D eigenvalue weighted by Gasteiger charge is -2.30. The molecule has 0 atom stereocenters. The Hall–Kier alpha value is -0.550. The summed E-state index contributed by atoms with van der Waals surface area (Å²) in [5.74, 6) is -11.2. The fourth-order valence-electron chi connectivity index (χ4n) is 1.39. The van der Waals surface area contributed by atoms with Crippen molar-refractivity contribution in [1.29, 1.82) is 0 Å². The minimum absolute atomic E-state index is 0.0175. The predicted molar refractivity (Wildman–Crippen MR) is 65.2 cm³/mol. The van der Waals surface area contributed by atoms with Gasteiger partial charge in [-0.15, -0.1) is 0 Å². The maximum Gasteiger partial charge on any atom is 0.426 e. The largest absolute Gasteiger partial charge is 0.426 e. The van der Waals surface area contributed by atoms with E-state index in [0.717, 1.165) is 0 Å². The van der Waals surface area contributed by atoms with Crippen LogP contribution < -0.4 is 4.72 Å². The van der Waals surface area contributed by atoms with Crippen LogP contribution in [0, 0.1) is 0 Å². The summed E-state index contributed by atoms with van der Waals surface area (Å²) < 4.78 is 101. The zero-order chi connectivity index (χ0) is 17.1. The molecular weight excluding hydrogens is 326 g/mol. The van der Waals surface area contributed by atoms with E-state index in [4.69, 9.17) is 0 Å². The molecule has 0 aromatic carbocycles. The highest BCUT2D eigenvalue weighted by Gasteiger charge is 2.75. The van der Waals surface area contributed by atoms with E-state index < -0.39 is 40.6 Å². The average molecular weight is 344 g/mol. The summed E-state index contributed by atoms with van der Waals surface area (Å²) in [5, 5.41) is -5.93. The highest BCUT2D eigenvalue weighted by Crippen LogP contribution is 2.47. The zero-order valence-corrected chi connectivity index (χ0v) is 12.6. The van der Waals surface area contributed by atoms with Gasteiger partial charge >= 0.3 is 17.1 Å². The number of sulfonamides is 1. The van der Waals surface area contributed by atoms with Crippen LogP contribution in [0.4, 0.5) is 26.3 Å². The minimum Gasteiger partial charge on any atom is -0.303 e. The van der Waals surface area contributed by atoms with Crippen molar-refractivity contribution in [1.82, 2.24) is 9.62 Å². The van der Waals surface area contributed by atoms with Crippen LogP contribution in [0.3, 0.4) is 0 Å². The first-order valence-corrected chi connectivity index (χ1v) is 7.58. The Morgan fingerprint density at radius 1 is 1.00 bits per heavy atom. The van der Waals surface area contributed by atoms with Crippen LogP contribution in [0.2, 0.25) is 0 Å². The average Bonchev–Trinajstić information content (AvgIpc) is 2.32. The van der Waals surface area contributed by atoms with E-state index in [9.17, 15) is 34.8 Å². The molecule has 0 spiro atoms. The van der Waals surface area contributed by atoms with Gasteiger partial charge in [0.2, 0.25) is 0 Å². The lowest BCUT2D eigenvalue weighted by molar-refractivity contribution is -0.271. The van der Waals surface area contributed by atoms with Crippen molar-refractivity contribution in [2.75, 3.05) is 26.2 Å². The van der Waals surface area contributed by atoms with Crippen LogP contribution in [0.1, 0.15) is 20.8 Å². The monoisotopic (exact) mass is 344 g/mol. The number of hydrogen-bond acceptors (Lipinski definition) is 3. The molecule has 0 fully saturated rings. The van der Waals surface area contributed by atoms with Crippen LogP contribution in [0.15, 0.2) is 0 Å². The third-order valence-electron chi connectivity index (χ3n) is 2.87. The molecule has 0 aliphatic heterocycles. The standard InChI is InChI=1S/C10H18F6N2O2S/c1-4-18(5-2)7-6-17-21(19,20)10(15,16)9(13,14)8(3,11)12/h17H,4-7H2,1-3H3. The normalized spacial score (nSPS) is 14.8. The molecule has 0 rings (SSSR count). The topological polar surface area (TPSA) is 49.4 Å². The molecule has 11 heteroatoms. The molecule has 0 heterocycles. The van der Waals surface area contributed by atoms with Crippen LogP contribution in [-0.4, -0.2) is 56.6 Å². The molecule has 0 saturated heterocycles. The molecule has 0 aromatic heterocycles. The van der Waals surface area contributed by atoms with Gasteiger partial charge in [0.05, 0.1) is 0 Å². The predicted octanol–water partition coefficient (Wildman–Crippen LogP) is 2.13. The van der Waals surface area contributed by atoms with Crippen molar-refractivity contribution in [3.63, 3.8) is 0 Å². The van der Waals surface area contributed by atoms with Gasteiger partial charge in [-0.25, -0.2) is 13.1 Å². The number of nitrogens with one attached hydrogen (secondary N) is 1. The third kappa shape index (κ3) is 4.22. The van der Waals surface area contributed by atoms with Crippen molar-refractivity contribution < 1.29 is 34.8 Å². The van der Waals surface area contributed by atoms with Crippen LogP contribution in [0.25, 0.3) is 0 Å². The SMILES string of the molecule is CCN(CC)CCNS(=O)(=O)C(F)(F)C(F)(F)C(C)(F)F. The van der Waals surface area contributed by atoms with Gasteiger partial charge in [0.15, 0.2) is 0 Å². The van der Waals surface area contributed by atoms with Gasteiger partial charge in [0.25, 0.3) is 10.0 Å². The fraction of sp³-hybridized carbons (Fsp3) is 1.00. The van der Waals surface area contributed by atoms with Crippen molar-refractivity contribution in [2.45, 2.75) is 37.9 Å². The quantitative estimate of drug-likeness (QED) is 0.652. The van der Waals surface area contributed by atoms with E-state index in [1.165, 1.54) is 4.72 Å². The van der Waals surface area contributed by atoms with E-state index in [0.29, 0.717) is 13.1 Å². The molecule has 1 N–H and O–H groups in total. The van der Waals surface area contributed by atoms with Crippen molar-refractivity contribution in [3.05, 3.63) is 0 Å². The van der Waals surface area contributed by atoms with Crippen molar-refractivity contribution >= 4 is 10.0 Å². The number of rotatable bonds is 9. The number of alkyl halides is 6. The molecule has 0 amide bonds. The second kappa shape index (κ2) is 6.69. The molecule has 4 nitrogen and oxygen atoms in total. The molecule has 0 aromatic rings. The van der Waals surface area contributed by atoms with Crippen LogP contribution in [0.5, 0.6) is 0 Å². The van der Waals surface area contributed by atoms with Crippen LogP contribution >= 0.6 is 0 Å². The Labute approximate surface area is 119 Å². The van der Waals surface area contributed by atoms with Gasteiger partial charge in [0, 0.05) is 20.0 Å². The molecule has 0 radical (unpaired) electrons. The summed E-state index contributed by atoms with van der Waals surface area (Å²) in [6.45, 7) is 3.33. The molecule has 0 unspecified atom stereocenters. The van der Waals surface area contributed by atoms with E-state index in [-0.39, 0.29) is 6.54 Å². The minimum atomic E-state index is -6.03. The lowest BCUT2D eigenvalue weighted by atomic mass is 10.2. The molecule has 0 saturated carbocycles. The summed E-state index contributed by atoms with van der Waals surface area (Å²) >= 11 is 0. The van der Waals surface area contributed by atoms with Crippen molar-refractivity contribution in [3.8, 4) is 0 Å².